The van der Waals surface area contributed by atoms with E-state index in [9.17, 15) is 18.8 Å². The van der Waals surface area contributed by atoms with Crippen molar-refractivity contribution in [3.63, 3.8) is 0 Å². The lowest BCUT2D eigenvalue weighted by molar-refractivity contribution is -0.143. The van der Waals surface area contributed by atoms with Crippen molar-refractivity contribution in [3.8, 4) is 10.4 Å². The van der Waals surface area contributed by atoms with E-state index in [4.69, 9.17) is 0 Å². The number of fused-ring (bicyclic) bond motifs is 1. The number of carbonyl (C=O) groups excluding carboxylic acids is 3. The molecule has 2 unspecified atom stereocenters. The van der Waals surface area contributed by atoms with Crippen LogP contribution in [0.5, 0.6) is 0 Å². The lowest BCUT2D eigenvalue weighted by Gasteiger charge is -2.35. The van der Waals surface area contributed by atoms with Crippen molar-refractivity contribution < 1.29 is 18.8 Å². The number of thiazole rings is 1. The number of halogens is 1. The minimum Gasteiger partial charge on any atom is -0.350 e. The van der Waals surface area contributed by atoms with Gasteiger partial charge in [0.1, 0.15) is 17.9 Å². The van der Waals surface area contributed by atoms with E-state index in [1.165, 1.54) is 17.4 Å². The van der Waals surface area contributed by atoms with Crippen LogP contribution in [0.4, 0.5) is 4.39 Å². The maximum absolute atomic E-state index is 14.9. The molecule has 3 amide bonds. The van der Waals surface area contributed by atoms with E-state index in [1.807, 2.05) is 45.0 Å². The Morgan fingerprint density at radius 2 is 2.00 bits per heavy atom. The van der Waals surface area contributed by atoms with Crippen molar-refractivity contribution in [3.05, 3.63) is 76.2 Å². The number of hydrogen-bond donors (Lipinski definition) is 1. The average Bonchev–Trinajstić information content (AvgIpc) is 3.63. The van der Waals surface area contributed by atoms with Gasteiger partial charge in [-0.05, 0) is 48.9 Å². The third-order valence-corrected chi connectivity index (χ3v) is 8.40. The van der Waals surface area contributed by atoms with E-state index in [1.54, 1.807) is 27.4 Å². The monoisotopic (exact) mass is 534 g/mol. The highest BCUT2D eigenvalue weighted by molar-refractivity contribution is 7.13. The van der Waals surface area contributed by atoms with Crippen LogP contribution in [-0.4, -0.2) is 51.1 Å². The van der Waals surface area contributed by atoms with E-state index in [0.717, 1.165) is 21.7 Å². The van der Waals surface area contributed by atoms with Gasteiger partial charge in [-0.25, -0.2) is 9.37 Å². The van der Waals surface area contributed by atoms with Crippen LogP contribution in [0.2, 0.25) is 0 Å². The molecule has 198 valence electrons. The summed E-state index contributed by atoms with van der Waals surface area (Å²) in [6.07, 6.45) is 1.22. The van der Waals surface area contributed by atoms with Crippen LogP contribution in [0, 0.1) is 18.7 Å². The number of hydrogen-bond acceptors (Lipinski definition) is 5. The third-order valence-electron chi connectivity index (χ3n) is 7.42. The van der Waals surface area contributed by atoms with Crippen LogP contribution in [0.1, 0.15) is 53.9 Å². The van der Waals surface area contributed by atoms with Crippen LogP contribution in [0.25, 0.3) is 10.4 Å². The van der Waals surface area contributed by atoms with Crippen molar-refractivity contribution in [1.29, 1.82) is 0 Å². The Kier molecular flexibility index (Phi) is 7.29. The second-order valence-corrected chi connectivity index (χ2v) is 11.1. The summed E-state index contributed by atoms with van der Waals surface area (Å²) in [5.41, 5.74) is 5.24. The summed E-state index contributed by atoms with van der Waals surface area (Å²) in [6.45, 7) is 6.58. The first-order valence-electron chi connectivity index (χ1n) is 12.9. The normalized spacial score (nSPS) is 17.7. The first-order chi connectivity index (χ1) is 18.3. The van der Waals surface area contributed by atoms with E-state index in [0.29, 0.717) is 37.1 Å². The average molecular weight is 535 g/mol. The molecule has 3 heterocycles. The van der Waals surface area contributed by atoms with Gasteiger partial charge in [0.05, 0.1) is 16.1 Å². The molecule has 38 heavy (non-hydrogen) atoms. The van der Waals surface area contributed by atoms with Crippen LogP contribution in [-0.2, 0) is 22.7 Å². The van der Waals surface area contributed by atoms with Crippen LogP contribution in [0.3, 0.4) is 0 Å². The molecule has 3 aromatic rings. The van der Waals surface area contributed by atoms with E-state index in [2.05, 4.69) is 10.3 Å². The zero-order valence-electron chi connectivity index (χ0n) is 21.7. The highest BCUT2D eigenvalue weighted by atomic mass is 32.1. The van der Waals surface area contributed by atoms with Gasteiger partial charge in [-0.15, -0.1) is 11.3 Å². The molecule has 1 N–H and O–H groups in total. The number of aryl methyl sites for hydroxylation is 1. The molecule has 7 nitrogen and oxygen atoms in total. The highest BCUT2D eigenvalue weighted by Gasteiger charge is 2.43. The summed E-state index contributed by atoms with van der Waals surface area (Å²) < 4.78 is 14.9. The van der Waals surface area contributed by atoms with Gasteiger partial charge in [-0.3, -0.25) is 14.4 Å². The molecule has 0 bridgehead atoms. The van der Waals surface area contributed by atoms with Gasteiger partial charge in [-0.1, -0.05) is 44.2 Å². The number of aromatic nitrogens is 1. The van der Waals surface area contributed by atoms with E-state index >= 15 is 0 Å². The molecule has 2 aromatic carbocycles. The fraction of sp³-hybridized carbons (Fsp3) is 0.379. The molecule has 2 aliphatic rings. The highest BCUT2D eigenvalue weighted by Crippen LogP contribution is 2.31. The first-order valence-corrected chi connectivity index (χ1v) is 13.8. The number of nitrogens with one attached hydrogen (secondary N) is 1. The molecular formula is C29H31FN4O3S. The van der Waals surface area contributed by atoms with Gasteiger partial charge in [0.15, 0.2) is 0 Å². The molecule has 1 fully saturated rings. The Morgan fingerprint density at radius 3 is 2.68 bits per heavy atom. The topological polar surface area (TPSA) is 82.6 Å². The van der Waals surface area contributed by atoms with E-state index < -0.39 is 17.9 Å². The molecule has 0 aliphatic carbocycles. The van der Waals surface area contributed by atoms with Crippen LogP contribution < -0.4 is 5.32 Å². The van der Waals surface area contributed by atoms with Crippen molar-refractivity contribution >= 4 is 29.1 Å². The largest absolute Gasteiger partial charge is 0.350 e. The summed E-state index contributed by atoms with van der Waals surface area (Å²) >= 11 is 1.46. The van der Waals surface area contributed by atoms with Gasteiger partial charge < -0.3 is 15.1 Å². The lowest BCUT2D eigenvalue weighted by Crippen LogP contribution is -2.55. The Balaban J connectivity index is 1.27. The Bertz CT molecular complexity index is 1390. The molecule has 9 heteroatoms. The van der Waals surface area contributed by atoms with E-state index in [-0.39, 0.29) is 30.2 Å². The molecule has 5 rings (SSSR count). The maximum atomic E-state index is 14.9. The number of amides is 3. The van der Waals surface area contributed by atoms with Gasteiger partial charge >= 0.3 is 0 Å². The van der Waals surface area contributed by atoms with Crippen LogP contribution >= 0.6 is 11.3 Å². The number of carbonyl (C=O) groups is 3. The number of likely N-dealkylation sites (tertiary alicyclic amines) is 1. The molecule has 1 saturated heterocycles. The minimum absolute atomic E-state index is 0.0265. The van der Waals surface area contributed by atoms with Crippen molar-refractivity contribution in [2.75, 3.05) is 6.54 Å². The predicted octanol–water partition coefficient (Wildman–Crippen LogP) is 4.55. The second-order valence-electron chi connectivity index (χ2n) is 10.3. The number of benzene rings is 2. The molecule has 0 spiro atoms. The minimum atomic E-state index is -0.663. The molecule has 1 aromatic heterocycles. The van der Waals surface area contributed by atoms with Crippen molar-refractivity contribution in [1.82, 2.24) is 20.1 Å². The molecule has 0 radical (unpaired) electrons. The molecule has 2 aliphatic heterocycles. The third kappa shape index (κ3) is 4.82. The first kappa shape index (κ1) is 26.0. The summed E-state index contributed by atoms with van der Waals surface area (Å²) in [5.74, 6) is -1.20. The smallest absolute Gasteiger partial charge is 0.255 e. The zero-order chi connectivity index (χ0) is 27.0. The summed E-state index contributed by atoms with van der Waals surface area (Å²) in [7, 11) is 0. The maximum Gasteiger partial charge on any atom is 0.255 e. The SMILES string of the molecule is Cc1ncsc1-c1ccc(CNC(=O)C2CCCN2C(=O)C(C(C)C)N2Cc3ccccc3C2=O)c(F)c1. The Morgan fingerprint density at radius 1 is 1.21 bits per heavy atom. The zero-order valence-corrected chi connectivity index (χ0v) is 22.6. The lowest BCUT2D eigenvalue weighted by atomic mass is 10.0. The van der Waals surface area contributed by atoms with Crippen molar-refractivity contribution in [2.24, 2.45) is 5.92 Å². The van der Waals surface area contributed by atoms with Gasteiger partial charge in [0.2, 0.25) is 11.8 Å². The number of nitrogens with zero attached hydrogens (tertiary/aromatic N) is 3. The Labute approximate surface area is 225 Å². The van der Waals surface area contributed by atoms with Gasteiger partial charge in [0.25, 0.3) is 5.91 Å². The molecular weight excluding hydrogens is 503 g/mol. The van der Waals surface area contributed by atoms with Crippen LogP contribution in [0.15, 0.2) is 48.0 Å². The van der Waals surface area contributed by atoms with Gasteiger partial charge in [-0.2, -0.15) is 0 Å². The summed E-state index contributed by atoms with van der Waals surface area (Å²) in [4.78, 5) is 48.5. The summed E-state index contributed by atoms with van der Waals surface area (Å²) in [6, 6.07) is 11.1. The number of rotatable bonds is 7. The fourth-order valence-electron chi connectivity index (χ4n) is 5.46. The van der Waals surface area contributed by atoms with Gasteiger partial charge in [0, 0.05) is 30.8 Å². The predicted molar refractivity (Wildman–Crippen MR) is 144 cm³/mol. The second kappa shape index (κ2) is 10.6. The Hall–Kier alpha value is -3.59. The fourth-order valence-corrected chi connectivity index (χ4v) is 6.27. The molecule has 0 saturated carbocycles. The molecule has 2 atom stereocenters. The quantitative estimate of drug-likeness (QED) is 0.482. The van der Waals surface area contributed by atoms with Crippen molar-refractivity contribution in [2.45, 2.75) is 58.8 Å². The standard InChI is InChI=1S/C29H31FN4O3S/c1-17(2)25(34-15-21-7-4-5-8-22(21)28(34)36)29(37)33-12-6-9-24(33)27(35)31-14-20-11-10-19(13-23(20)30)26-18(3)32-16-38-26/h4-5,7-8,10-11,13,16-17,24-25H,6,9,12,14-15H2,1-3H3,(H,31,35). The summed E-state index contributed by atoms with van der Waals surface area (Å²) in [5, 5.41) is 2.83.